The molecule has 2 aromatic carbocycles. The predicted octanol–water partition coefficient (Wildman–Crippen LogP) is 3.82. The second kappa shape index (κ2) is 8.47. The Morgan fingerprint density at radius 3 is 2.50 bits per heavy atom. The highest BCUT2D eigenvalue weighted by atomic mass is 32.2. The second-order valence-electron chi connectivity index (χ2n) is 6.00. The summed E-state index contributed by atoms with van der Waals surface area (Å²) in [6.45, 7) is 0.376. The fourth-order valence-electron chi connectivity index (χ4n) is 2.57. The van der Waals surface area contributed by atoms with Crippen molar-refractivity contribution in [3.8, 4) is 0 Å². The molecule has 0 radical (unpaired) electrons. The Balaban J connectivity index is 1.60. The molecular formula is C19H16F3N3O2S. The molecule has 1 aliphatic heterocycles. The Hall–Kier alpha value is -2.81. The van der Waals surface area contributed by atoms with E-state index in [1.165, 1.54) is 18.2 Å². The Kier molecular flexibility index (Phi) is 6.03. The number of thioether (sulfide) groups is 1. The molecule has 2 amide bonds. The third kappa shape index (κ3) is 5.13. The molecule has 0 saturated carbocycles. The van der Waals surface area contributed by atoms with Gasteiger partial charge < -0.3 is 10.6 Å². The number of hydrogen-bond donors (Lipinski definition) is 2. The fourth-order valence-corrected chi connectivity index (χ4v) is 3.54. The number of rotatable bonds is 5. The number of hydrogen-bond acceptors (Lipinski definition) is 4. The van der Waals surface area contributed by atoms with E-state index in [0.717, 1.165) is 23.4 Å². The monoisotopic (exact) mass is 407 g/mol. The summed E-state index contributed by atoms with van der Waals surface area (Å²) in [4.78, 5) is 28.5. The zero-order valence-electron chi connectivity index (χ0n) is 14.5. The van der Waals surface area contributed by atoms with Crippen molar-refractivity contribution in [2.75, 3.05) is 5.32 Å². The van der Waals surface area contributed by atoms with E-state index in [-0.39, 0.29) is 12.1 Å². The van der Waals surface area contributed by atoms with E-state index < -0.39 is 28.8 Å². The number of anilines is 1. The maximum absolute atomic E-state index is 13.0. The topological polar surface area (TPSA) is 70.6 Å². The van der Waals surface area contributed by atoms with Crippen molar-refractivity contribution in [3.05, 3.63) is 65.7 Å². The van der Waals surface area contributed by atoms with Crippen LogP contribution in [0.2, 0.25) is 0 Å². The standard InChI is InChI=1S/C19H16F3N3O2S/c20-19(21,22)13-8-4-5-9-14(13)24-16(26)10-15-17(27)25-18(28-15)23-11-12-6-2-1-3-7-12/h1-9,15H,10-11H2,(H,24,26)(H,23,25,27)/t15-/m1/s1. The zero-order chi connectivity index (χ0) is 20.1. The van der Waals surface area contributed by atoms with E-state index >= 15 is 0 Å². The van der Waals surface area contributed by atoms with Gasteiger partial charge in [-0.15, -0.1) is 0 Å². The van der Waals surface area contributed by atoms with Gasteiger partial charge in [-0.25, -0.2) is 0 Å². The van der Waals surface area contributed by atoms with Gasteiger partial charge in [0, 0.05) is 6.42 Å². The molecule has 146 valence electrons. The summed E-state index contributed by atoms with van der Waals surface area (Å²) in [6, 6.07) is 14.1. The van der Waals surface area contributed by atoms with E-state index in [1.807, 2.05) is 30.3 Å². The van der Waals surface area contributed by atoms with Gasteiger partial charge in [0.2, 0.25) is 11.8 Å². The highest BCUT2D eigenvalue weighted by Gasteiger charge is 2.35. The summed E-state index contributed by atoms with van der Waals surface area (Å²) in [6.07, 6.45) is -4.84. The molecule has 1 atom stereocenters. The molecular weight excluding hydrogens is 391 g/mol. The van der Waals surface area contributed by atoms with Crippen LogP contribution in [0.25, 0.3) is 0 Å². The maximum atomic E-state index is 13.0. The molecule has 2 aromatic rings. The quantitative estimate of drug-likeness (QED) is 0.792. The molecule has 0 aliphatic carbocycles. The van der Waals surface area contributed by atoms with Gasteiger partial charge in [0.25, 0.3) is 0 Å². The number of benzene rings is 2. The molecule has 1 heterocycles. The van der Waals surface area contributed by atoms with Crippen molar-refractivity contribution in [2.24, 2.45) is 4.99 Å². The smallest absolute Gasteiger partial charge is 0.325 e. The van der Waals surface area contributed by atoms with Crippen molar-refractivity contribution in [3.63, 3.8) is 0 Å². The molecule has 28 heavy (non-hydrogen) atoms. The molecule has 9 heteroatoms. The first-order valence-electron chi connectivity index (χ1n) is 8.35. The van der Waals surface area contributed by atoms with Gasteiger partial charge in [0.15, 0.2) is 5.17 Å². The molecule has 5 nitrogen and oxygen atoms in total. The zero-order valence-corrected chi connectivity index (χ0v) is 15.3. The number of halogens is 3. The summed E-state index contributed by atoms with van der Waals surface area (Å²) < 4.78 is 39.0. The minimum absolute atomic E-state index is 0.257. The number of nitrogens with one attached hydrogen (secondary N) is 2. The van der Waals surface area contributed by atoms with Crippen molar-refractivity contribution < 1.29 is 22.8 Å². The average Bonchev–Trinajstić information content (AvgIpc) is 3.00. The third-order valence-corrected chi connectivity index (χ3v) is 5.02. The lowest BCUT2D eigenvalue weighted by Crippen LogP contribution is -2.28. The molecule has 3 rings (SSSR count). The van der Waals surface area contributed by atoms with Gasteiger partial charge in [-0.2, -0.15) is 13.2 Å². The lowest BCUT2D eigenvalue weighted by Gasteiger charge is -2.14. The number of nitrogens with zero attached hydrogens (tertiary/aromatic N) is 1. The SMILES string of the molecule is O=C(C[C@H]1SC(=NCc2ccccc2)NC1=O)Nc1ccccc1C(F)(F)F. The molecule has 0 spiro atoms. The van der Waals surface area contributed by atoms with Crippen LogP contribution >= 0.6 is 11.8 Å². The minimum atomic E-state index is -4.58. The molecule has 0 bridgehead atoms. The summed E-state index contributed by atoms with van der Waals surface area (Å²) in [5, 5.41) is 4.49. The summed E-state index contributed by atoms with van der Waals surface area (Å²) in [5.41, 5.74) is -0.298. The van der Waals surface area contributed by atoms with Crippen LogP contribution < -0.4 is 10.6 Å². The van der Waals surface area contributed by atoms with Crippen LogP contribution in [0.5, 0.6) is 0 Å². The number of amides is 2. The van der Waals surface area contributed by atoms with Crippen LogP contribution in [0.15, 0.2) is 59.6 Å². The van der Waals surface area contributed by atoms with Crippen LogP contribution in [0.4, 0.5) is 18.9 Å². The first-order valence-corrected chi connectivity index (χ1v) is 9.23. The molecule has 0 unspecified atom stereocenters. The van der Waals surface area contributed by atoms with Crippen molar-refractivity contribution in [1.82, 2.24) is 5.32 Å². The highest BCUT2D eigenvalue weighted by molar-refractivity contribution is 8.15. The van der Waals surface area contributed by atoms with Gasteiger partial charge in [0.1, 0.15) is 5.25 Å². The van der Waals surface area contributed by atoms with Crippen LogP contribution in [-0.4, -0.2) is 22.2 Å². The lowest BCUT2D eigenvalue weighted by molar-refractivity contribution is -0.137. The van der Waals surface area contributed by atoms with Gasteiger partial charge in [0.05, 0.1) is 17.8 Å². The Morgan fingerprint density at radius 1 is 1.11 bits per heavy atom. The van der Waals surface area contributed by atoms with E-state index in [9.17, 15) is 22.8 Å². The van der Waals surface area contributed by atoms with E-state index in [4.69, 9.17) is 0 Å². The van der Waals surface area contributed by atoms with Gasteiger partial charge in [-0.1, -0.05) is 54.2 Å². The van der Waals surface area contributed by atoms with Gasteiger partial charge >= 0.3 is 6.18 Å². The normalized spacial score (nSPS) is 18.2. The van der Waals surface area contributed by atoms with E-state index in [0.29, 0.717) is 11.7 Å². The number of carbonyl (C=O) groups is 2. The van der Waals surface area contributed by atoms with Gasteiger partial charge in [-0.3, -0.25) is 14.6 Å². The number of amidine groups is 1. The highest BCUT2D eigenvalue weighted by Crippen LogP contribution is 2.34. The van der Waals surface area contributed by atoms with Crippen molar-refractivity contribution >= 4 is 34.4 Å². The minimum Gasteiger partial charge on any atom is -0.325 e. The summed E-state index contributed by atoms with van der Waals surface area (Å²) >= 11 is 1.09. The number of aliphatic imine (C=N–C) groups is 1. The molecule has 2 N–H and O–H groups in total. The second-order valence-corrected chi connectivity index (χ2v) is 7.19. The average molecular weight is 407 g/mol. The maximum Gasteiger partial charge on any atom is 0.418 e. The summed E-state index contributed by atoms with van der Waals surface area (Å²) in [5.74, 6) is -1.07. The molecule has 1 aliphatic rings. The van der Waals surface area contributed by atoms with E-state index in [1.54, 1.807) is 0 Å². The van der Waals surface area contributed by atoms with E-state index in [2.05, 4.69) is 15.6 Å². The molecule has 0 aromatic heterocycles. The Morgan fingerprint density at radius 2 is 1.79 bits per heavy atom. The van der Waals surface area contributed by atoms with Crippen molar-refractivity contribution in [1.29, 1.82) is 0 Å². The number of carbonyl (C=O) groups excluding carboxylic acids is 2. The first-order chi connectivity index (χ1) is 13.3. The van der Waals surface area contributed by atoms with Crippen LogP contribution in [-0.2, 0) is 22.3 Å². The van der Waals surface area contributed by atoms with Crippen LogP contribution in [0.3, 0.4) is 0 Å². The first kappa shape index (κ1) is 19.9. The largest absolute Gasteiger partial charge is 0.418 e. The Bertz CT molecular complexity index is 901. The Labute approximate surface area is 163 Å². The predicted molar refractivity (Wildman–Crippen MR) is 102 cm³/mol. The third-order valence-electron chi connectivity index (χ3n) is 3.90. The fraction of sp³-hybridized carbons (Fsp3) is 0.211. The molecule has 1 saturated heterocycles. The van der Waals surface area contributed by atoms with Crippen LogP contribution in [0.1, 0.15) is 17.5 Å². The lowest BCUT2D eigenvalue weighted by atomic mass is 10.1. The number of para-hydroxylation sites is 1. The van der Waals surface area contributed by atoms with Crippen molar-refractivity contribution in [2.45, 2.75) is 24.4 Å². The van der Waals surface area contributed by atoms with Crippen LogP contribution in [0, 0.1) is 0 Å². The van der Waals surface area contributed by atoms with Gasteiger partial charge in [-0.05, 0) is 17.7 Å². The summed E-state index contributed by atoms with van der Waals surface area (Å²) in [7, 11) is 0. The number of alkyl halides is 3. The molecule has 1 fully saturated rings.